The van der Waals surface area contributed by atoms with E-state index < -0.39 is 10.0 Å². The number of hydrogen-bond donors (Lipinski definition) is 0. The van der Waals surface area contributed by atoms with E-state index in [2.05, 4.69) is 6.92 Å². The van der Waals surface area contributed by atoms with Crippen molar-refractivity contribution >= 4 is 10.0 Å². The fraction of sp³-hybridized carbons (Fsp3) is 0.562. The van der Waals surface area contributed by atoms with Crippen molar-refractivity contribution in [2.45, 2.75) is 50.0 Å². The molecule has 0 amide bonds. The van der Waals surface area contributed by atoms with Crippen molar-refractivity contribution in [3.8, 4) is 6.07 Å². The number of nitriles is 1. The van der Waals surface area contributed by atoms with Crippen LogP contribution in [0.3, 0.4) is 0 Å². The number of nitrogens with zero attached hydrogens (tertiary/aromatic N) is 2. The van der Waals surface area contributed by atoms with Crippen molar-refractivity contribution in [1.29, 1.82) is 5.26 Å². The number of benzene rings is 1. The van der Waals surface area contributed by atoms with Crippen LogP contribution in [0.2, 0.25) is 0 Å². The number of hydrogen-bond acceptors (Lipinski definition) is 3. The molecule has 0 spiro atoms. The summed E-state index contributed by atoms with van der Waals surface area (Å²) in [7, 11) is -1.86. The van der Waals surface area contributed by atoms with Gasteiger partial charge in [-0.15, -0.1) is 0 Å². The van der Waals surface area contributed by atoms with Gasteiger partial charge < -0.3 is 0 Å². The van der Waals surface area contributed by atoms with Gasteiger partial charge in [-0.05, 0) is 49.8 Å². The second-order valence-electron chi connectivity index (χ2n) is 5.74. The van der Waals surface area contributed by atoms with Gasteiger partial charge in [-0.25, -0.2) is 8.42 Å². The molecule has 4 nitrogen and oxygen atoms in total. The van der Waals surface area contributed by atoms with Gasteiger partial charge in [0, 0.05) is 13.1 Å². The van der Waals surface area contributed by atoms with Crippen LogP contribution in [0.25, 0.3) is 0 Å². The summed E-state index contributed by atoms with van der Waals surface area (Å²) < 4.78 is 26.8. The average molecular weight is 306 g/mol. The Kier molecular flexibility index (Phi) is 5.02. The van der Waals surface area contributed by atoms with Crippen molar-refractivity contribution < 1.29 is 8.42 Å². The maximum Gasteiger partial charge on any atom is 0.243 e. The summed E-state index contributed by atoms with van der Waals surface area (Å²) in [4.78, 5) is 0.210. The Morgan fingerprint density at radius 3 is 2.52 bits per heavy atom. The molecule has 0 N–H and O–H groups in total. The summed E-state index contributed by atoms with van der Waals surface area (Å²) in [5.41, 5.74) is 0.374. The lowest BCUT2D eigenvalue weighted by atomic mass is 9.85. The largest absolute Gasteiger partial charge is 0.243 e. The van der Waals surface area contributed by atoms with Crippen molar-refractivity contribution in [1.82, 2.24) is 4.31 Å². The summed E-state index contributed by atoms with van der Waals surface area (Å²) in [6, 6.07) is 8.30. The molecule has 0 aliphatic heterocycles. The second kappa shape index (κ2) is 6.59. The van der Waals surface area contributed by atoms with Gasteiger partial charge in [0.2, 0.25) is 10.0 Å². The molecule has 5 heteroatoms. The molecule has 0 heterocycles. The maximum absolute atomic E-state index is 12.7. The van der Waals surface area contributed by atoms with Crippen LogP contribution in [-0.4, -0.2) is 25.8 Å². The minimum atomic E-state index is -3.51. The SMILES string of the molecule is CCC1CCC(N(C)S(=O)(=O)c2cccc(C#N)c2)CC1. The second-order valence-corrected chi connectivity index (χ2v) is 7.74. The third-order valence-electron chi connectivity index (χ3n) is 4.55. The fourth-order valence-electron chi connectivity index (χ4n) is 3.01. The van der Waals surface area contributed by atoms with Crippen LogP contribution < -0.4 is 0 Å². The van der Waals surface area contributed by atoms with Crippen LogP contribution in [0.4, 0.5) is 0 Å². The van der Waals surface area contributed by atoms with Gasteiger partial charge in [0.05, 0.1) is 16.5 Å². The molecule has 0 bridgehead atoms. The fourth-order valence-corrected chi connectivity index (χ4v) is 4.47. The van der Waals surface area contributed by atoms with E-state index in [1.165, 1.54) is 16.8 Å². The van der Waals surface area contributed by atoms with Crippen LogP contribution in [0, 0.1) is 17.2 Å². The van der Waals surface area contributed by atoms with E-state index in [1.54, 1.807) is 25.2 Å². The quantitative estimate of drug-likeness (QED) is 0.858. The first-order valence-electron chi connectivity index (χ1n) is 7.47. The van der Waals surface area contributed by atoms with Crippen LogP contribution >= 0.6 is 0 Å². The molecule has 0 unspecified atom stereocenters. The summed E-state index contributed by atoms with van der Waals surface area (Å²) in [5, 5.41) is 8.91. The molecule has 1 saturated carbocycles. The average Bonchev–Trinajstić information content (AvgIpc) is 2.54. The Bertz CT molecular complexity index is 626. The molecule has 21 heavy (non-hydrogen) atoms. The Labute approximate surface area is 127 Å². The van der Waals surface area contributed by atoms with E-state index in [9.17, 15) is 8.42 Å². The Morgan fingerprint density at radius 2 is 1.95 bits per heavy atom. The van der Waals surface area contributed by atoms with Gasteiger partial charge in [0.15, 0.2) is 0 Å². The molecule has 114 valence electrons. The standard InChI is InChI=1S/C16H22N2O2S/c1-3-13-7-9-15(10-8-13)18(2)21(19,20)16-6-4-5-14(11-16)12-17/h4-6,11,13,15H,3,7-10H2,1-2H3. The first-order chi connectivity index (χ1) is 9.98. The third-order valence-corrected chi connectivity index (χ3v) is 6.45. The Morgan fingerprint density at radius 1 is 1.29 bits per heavy atom. The predicted molar refractivity (Wildman–Crippen MR) is 82.1 cm³/mol. The summed E-state index contributed by atoms with van der Waals surface area (Å²) >= 11 is 0. The van der Waals surface area contributed by atoms with Crippen LogP contribution in [0.5, 0.6) is 0 Å². The molecular formula is C16H22N2O2S. The summed E-state index contributed by atoms with van der Waals surface area (Å²) in [6.07, 6.45) is 5.21. The lowest BCUT2D eigenvalue weighted by molar-refractivity contribution is 0.233. The normalized spacial score (nSPS) is 23.0. The highest BCUT2D eigenvalue weighted by Gasteiger charge is 2.31. The van der Waals surface area contributed by atoms with Crippen LogP contribution in [0.15, 0.2) is 29.2 Å². The van der Waals surface area contributed by atoms with Gasteiger partial charge in [0.25, 0.3) is 0 Å². The van der Waals surface area contributed by atoms with Crippen molar-refractivity contribution in [2.24, 2.45) is 5.92 Å². The highest BCUT2D eigenvalue weighted by atomic mass is 32.2. The summed E-state index contributed by atoms with van der Waals surface area (Å²) in [5.74, 6) is 0.735. The molecule has 0 aromatic heterocycles. The number of sulfonamides is 1. The lowest BCUT2D eigenvalue weighted by Crippen LogP contribution is -2.39. The van der Waals surface area contributed by atoms with Gasteiger partial charge in [-0.1, -0.05) is 19.4 Å². The van der Waals surface area contributed by atoms with E-state index in [1.807, 2.05) is 6.07 Å². The Hall–Kier alpha value is -1.38. The molecule has 0 saturated heterocycles. The molecular weight excluding hydrogens is 284 g/mol. The van der Waals surface area contributed by atoms with Crippen molar-refractivity contribution in [3.05, 3.63) is 29.8 Å². The van der Waals surface area contributed by atoms with E-state index in [0.29, 0.717) is 5.56 Å². The van der Waals surface area contributed by atoms with Crippen LogP contribution in [0.1, 0.15) is 44.6 Å². The molecule has 1 aliphatic rings. The first kappa shape index (κ1) is 16.0. The summed E-state index contributed by atoms with van der Waals surface area (Å²) in [6.45, 7) is 2.19. The molecule has 0 radical (unpaired) electrons. The van der Waals surface area contributed by atoms with Crippen molar-refractivity contribution in [2.75, 3.05) is 7.05 Å². The van der Waals surface area contributed by atoms with E-state index >= 15 is 0 Å². The van der Waals surface area contributed by atoms with E-state index in [0.717, 1.165) is 31.6 Å². The zero-order valence-corrected chi connectivity index (χ0v) is 13.4. The van der Waals surface area contributed by atoms with Gasteiger partial charge in [-0.2, -0.15) is 9.57 Å². The van der Waals surface area contributed by atoms with Crippen LogP contribution in [-0.2, 0) is 10.0 Å². The Balaban J connectivity index is 2.17. The predicted octanol–water partition coefficient (Wildman–Crippen LogP) is 3.15. The highest BCUT2D eigenvalue weighted by molar-refractivity contribution is 7.89. The molecule has 0 atom stereocenters. The highest BCUT2D eigenvalue weighted by Crippen LogP contribution is 2.31. The third kappa shape index (κ3) is 3.45. The molecule has 1 aromatic rings. The van der Waals surface area contributed by atoms with Gasteiger partial charge >= 0.3 is 0 Å². The first-order valence-corrected chi connectivity index (χ1v) is 8.91. The van der Waals surface area contributed by atoms with Gasteiger partial charge in [0.1, 0.15) is 0 Å². The minimum absolute atomic E-state index is 0.0727. The lowest BCUT2D eigenvalue weighted by Gasteiger charge is -2.33. The van der Waals surface area contributed by atoms with E-state index in [-0.39, 0.29) is 10.9 Å². The molecule has 2 rings (SSSR count). The van der Waals surface area contributed by atoms with Gasteiger partial charge in [-0.3, -0.25) is 0 Å². The minimum Gasteiger partial charge on any atom is -0.207 e. The van der Waals surface area contributed by atoms with Crippen molar-refractivity contribution in [3.63, 3.8) is 0 Å². The molecule has 1 aromatic carbocycles. The molecule has 1 fully saturated rings. The monoisotopic (exact) mass is 306 g/mol. The molecule has 1 aliphatic carbocycles. The zero-order chi connectivity index (χ0) is 15.5. The zero-order valence-electron chi connectivity index (χ0n) is 12.6. The maximum atomic E-state index is 12.7. The smallest absolute Gasteiger partial charge is 0.207 e. The van der Waals surface area contributed by atoms with E-state index in [4.69, 9.17) is 5.26 Å². The number of rotatable bonds is 4. The topological polar surface area (TPSA) is 61.2 Å².